The number of methoxy groups -OCH3 is 1. The molecule has 1 aliphatic carbocycles. The number of hydrogen-bond donors (Lipinski definition) is 1. The van der Waals surface area contributed by atoms with Gasteiger partial charge in [-0.2, -0.15) is 0 Å². The van der Waals surface area contributed by atoms with Gasteiger partial charge in [0.05, 0.1) is 18.2 Å². The fourth-order valence-corrected chi connectivity index (χ4v) is 5.93. The maximum atomic E-state index is 12.4. The summed E-state index contributed by atoms with van der Waals surface area (Å²) in [5, 5.41) is 12.4. The second-order valence-electron chi connectivity index (χ2n) is 9.32. The van der Waals surface area contributed by atoms with Crippen molar-refractivity contribution in [3.05, 3.63) is 102 Å². The topological polar surface area (TPSA) is 32.7 Å². The largest absolute Gasteiger partial charge is 0.497 e. The Morgan fingerprint density at radius 3 is 2.18 bits per heavy atom. The molecule has 0 aromatic heterocycles. The van der Waals surface area contributed by atoms with Crippen LogP contribution in [0.3, 0.4) is 0 Å². The Hall–Kier alpha value is -2.33. The van der Waals surface area contributed by atoms with Gasteiger partial charge in [0.25, 0.3) is 0 Å². The molecule has 4 rings (SSSR count). The summed E-state index contributed by atoms with van der Waals surface area (Å²) >= 11 is 0. The predicted molar refractivity (Wildman–Crippen MR) is 138 cm³/mol. The van der Waals surface area contributed by atoms with Crippen LogP contribution in [0, 0.1) is 5.92 Å². The van der Waals surface area contributed by atoms with Gasteiger partial charge in [0.15, 0.2) is 0 Å². The molecule has 0 bridgehead atoms. The van der Waals surface area contributed by atoms with E-state index in [0.717, 1.165) is 37.0 Å². The molecule has 33 heavy (non-hydrogen) atoms. The summed E-state index contributed by atoms with van der Waals surface area (Å²) in [7, 11) is 6.00. The molecular weight excluding hydrogens is 430 g/mol. The van der Waals surface area contributed by atoms with E-state index < -0.39 is 11.1 Å². The molecule has 1 aliphatic rings. The van der Waals surface area contributed by atoms with Crippen molar-refractivity contribution >= 4 is 12.4 Å². The smallest absolute Gasteiger partial charge is 0.119 e. The first-order valence-electron chi connectivity index (χ1n) is 11.6. The molecule has 0 saturated heterocycles. The maximum Gasteiger partial charge on any atom is 0.119 e. The zero-order valence-electron chi connectivity index (χ0n) is 19.9. The van der Waals surface area contributed by atoms with Crippen molar-refractivity contribution in [2.75, 3.05) is 21.2 Å². The van der Waals surface area contributed by atoms with Crippen LogP contribution in [0.2, 0.25) is 0 Å². The van der Waals surface area contributed by atoms with E-state index in [1.165, 1.54) is 11.1 Å². The lowest BCUT2D eigenvalue weighted by atomic mass is 9.59. The summed E-state index contributed by atoms with van der Waals surface area (Å²) in [6.45, 7) is 0. The number of benzene rings is 3. The van der Waals surface area contributed by atoms with Crippen LogP contribution in [0.5, 0.6) is 5.75 Å². The second kappa shape index (κ2) is 10.7. The molecule has 3 aromatic carbocycles. The number of rotatable bonds is 7. The first kappa shape index (κ1) is 25.3. The first-order valence-corrected chi connectivity index (χ1v) is 11.6. The third-order valence-electron chi connectivity index (χ3n) is 7.29. The molecule has 0 heterocycles. The van der Waals surface area contributed by atoms with Gasteiger partial charge in [0.2, 0.25) is 0 Å². The van der Waals surface area contributed by atoms with Crippen molar-refractivity contribution in [2.24, 2.45) is 5.92 Å². The summed E-state index contributed by atoms with van der Waals surface area (Å²) in [4.78, 5) is 2.31. The molecule has 0 aliphatic heterocycles. The molecule has 3 nitrogen and oxygen atoms in total. The third kappa shape index (κ3) is 4.82. The van der Waals surface area contributed by atoms with E-state index in [4.69, 9.17) is 4.74 Å². The zero-order chi connectivity index (χ0) is 22.6. The molecule has 3 aromatic rings. The van der Waals surface area contributed by atoms with Crippen LogP contribution < -0.4 is 4.74 Å². The van der Waals surface area contributed by atoms with Crippen LogP contribution in [-0.2, 0) is 12.0 Å². The van der Waals surface area contributed by atoms with E-state index in [1.54, 1.807) is 7.11 Å². The Morgan fingerprint density at radius 2 is 1.55 bits per heavy atom. The van der Waals surface area contributed by atoms with E-state index in [0.29, 0.717) is 6.42 Å². The highest BCUT2D eigenvalue weighted by atomic mass is 35.5. The molecular formula is C29H36ClNO2. The molecule has 0 radical (unpaired) electrons. The van der Waals surface area contributed by atoms with Crippen LogP contribution >= 0.6 is 12.4 Å². The standard InChI is InChI=1S/C29H35NO2.ClH/c1-30(2)29(24-15-8-5-9-16-24,25-17-12-18-26(21-25)32-3)27-19-10-11-20-28(27,31)22-23-13-6-4-7-14-23;/h4-9,12-18,21,27,31H,10-11,19-20,22H2,1-3H3;1H. The average Bonchev–Trinajstić information content (AvgIpc) is 2.82. The van der Waals surface area contributed by atoms with Gasteiger partial charge >= 0.3 is 0 Å². The first-order chi connectivity index (χ1) is 15.5. The summed E-state index contributed by atoms with van der Waals surface area (Å²) < 4.78 is 5.62. The summed E-state index contributed by atoms with van der Waals surface area (Å²) in [5.74, 6) is 0.862. The van der Waals surface area contributed by atoms with Gasteiger partial charge in [-0.05, 0) is 55.8 Å². The van der Waals surface area contributed by atoms with Gasteiger partial charge < -0.3 is 9.84 Å². The normalized spacial score (nSPS) is 22.3. The van der Waals surface area contributed by atoms with Crippen molar-refractivity contribution in [1.82, 2.24) is 4.90 Å². The molecule has 1 saturated carbocycles. The second-order valence-corrected chi connectivity index (χ2v) is 9.32. The Balaban J connectivity index is 0.00000306. The number of aliphatic hydroxyl groups is 1. The average molecular weight is 466 g/mol. The molecule has 3 atom stereocenters. The minimum atomic E-state index is -0.817. The molecule has 4 heteroatoms. The highest BCUT2D eigenvalue weighted by Crippen LogP contribution is 2.52. The summed E-state index contributed by atoms with van der Waals surface area (Å²) in [6, 6.07) is 29.5. The fraction of sp³-hybridized carbons (Fsp3) is 0.379. The van der Waals surface area contributed by atoms with Gasteiger partial charge in [0, 0.05) is 12.3 Å². The molecule has 0 amide bonds. The number of ether oxygens (including phenoxy) is 1. The van der Waals surface area contributed by atoms with Crippen molar-refractivity contribution in [2.45, 2.75) is 43.2 Å². The van der Waals surface area contributed by atoms with Crippen molar-refractivity contribution in [1.29, 1.82) is 0 Å². The van der Waals surface area contributed by atoms with Crippen molar-refractivity contribution in [3.8, 4) is 5.75 Å². The third-order valence-corrected chi connectivity index (χ3v) is 7.29. The Morgan fingerprint density at radius 1 is 0.909 bits per heavy atom. The number of halogens is 1. The van der Waals surface area contributed by atoms with Crippen LogP contribution in [0.1, 0.15) is 42.4 Å². The SMILES string of the molecule is COc1cccc(C(c2ccccc2)(C2CCCCC2(O)Cc2ccccc2)N(C)C)c1.Cl. The number of nitrogens with zero attached hydrogens (tertiary/aromatic N) is 1. The Bertz CT molecular complexity index is 1010. The quantitative estimate of drug-likeness (QED) is 0.458. The minimum absolute atomic E-state index is 0. The van der Waals surface area contributed by atoms with E-state index >= 15 is 0 Å². The predicted octanol–water partition coefficient (Wildman–Crippen LogP) is 6.09. The lowest BCUT2D eigenvalue weighted by Crippen LogP contribution is -2.59. The fourth-order valence-electron chi connectivity index (χ4n) is 5.93. The minimum Gasteiger partial charge on any atom is -0.497 e. The van der Waals surface area contributed by atoms with Gasteiger partial charge in [-0.3, -0.25) is 4.90 Å². The molecule has 176 valence electrons. The summed E-state index contributed by atoms with van der Waals surface area (Å²) in [6.07, 6.45) is 4.60. The van der Waals surface area contributed by atoms with Gasteiger partial charge in [-0.15, -0.1) is 12.4 Å². The van der Waals surface area contributed by atoms with E-state index in [-0.39, 0.29) is 18.3 Å². The highest BCUT2D eigenvalue weighted by Gasteiger charge is 2.54. The Kier molecular flexibility index (Phi) is 8.23. The van der Waals surface area contributed by atoms with Gasteiger partial charge in [0.1, 0.15) is 5.75 Å². The molecule has 0 spiro atoms. The van der Waals surface area contributed by atoms with Crippen LogP contribution in [0.4, 0.5) is 0 Å². The lowest BCUT2D eigenvalue weighted by molar-refractivity contribution is -0.101. The van der Waals surface area contributed by atoms with Crippen LogP contribution in [0.25, 0.3) is 0 Å². The van der Waals surface area contributed by atoms with Gasteiger partial charge in [-0.25, -0.2) is 0 Å². The van der Waals surface area contributed by atoms with Crippen molar-refractivity contribution in [3.63, 3.8) is 0 Å². The summed E-state index contributed by atoms with van der Waals surface area (Å²) in [5.41, 5.74) is 2.25. The molecule has 3 unspecified atom stereocenters. The Labute approximate surface area is 204 Å². The molecule has 1 N–H and O–H groups in total. The molecule has 1 fully saturated rings. The van der Waals surface area contributed by atoms with E-state index in [1.807, 2.05) is 12.1 Å². The highest BCUT2D eigenvalue weighted by molar-refractivity contribution is 5.85. The van der Waals surface area contributed by atoms with E-state index in [9.17, 15) is 5.11 Å². The van der Waals surface area contributed by atoms with E-state index in [2.05, 4.69) is 91.8 Å². The monoisotopic (exact) mass is 465 g/mol. The zero-order valence-corrected chi connectivity index (χ0v) is 20.7. The van der Waals surface area contributed by atoms with Gasteiger partial charge in [-0.1, -0.05) is 85.6 Å². The van der Waals surface area contributed by atoms with Crippen LogP contribution in [0.15, 0.2) is 84.9 Å². The maximum absolute atomic E-state index is 12.4. The van der Waals surface area contributed by atoms with Crippen molar-refractivity contribution < 1.29 is 9.84 Å². The number of hydrogen-bond acceptors (Lipinski definition) is 3. The lowest BCUT2D eigenvalue weighted by Gasteiger charge is -2.55. The van der Waals surface area contributed by atoms with Crippen LogP contribution in [-0.4, -0.2) is 36.8 Å².